The van der Waals surface area contributed by atoms with Crippen LogP contribution in [0, 0.1) is 11.6 Å². The molecule has 0 saturated heterocycles. The largest absolute Gasteiger partial charge is 0.384 e. The van der Waals surface area contributed by atoms with Crippen molar-refractivity contribution in [3.8, 4) is 0 Å². The fraction of sp³-hybridized carbons (Fsp3) is 0.200. The highest BCUT2D eigenvalue weighted by atomic mass is 19.1. The Kier molecular flexibility index (Phi) is 6.18. The third kappa shape index (κ3) is 4.69. The molecule has 0 fully saturated rings. The number of fused-ring (bicyclic) bond motifs is 4. The number of benzene rings is 2. The number of halogens is 2. The molecule has 4 heterocycles. The van der Waals surface area contributed by atoms with E-state index in [4.69, 9.17) is 5.73 Å². The Morgan fingerprint density at radius 2 is 1.39 bits per heavy atom. The van der Waals surface area contributed by atoms with E-state index in [0.717, 1.165) is 49.9 Å². The zero-order valence-corrected chi connectivity index (χ0v) is 22.1. The van der Waals surface area contributed by atoms with Crippen LogP contribution in [0.25, 0.3) is 22.1 Å². The van der Waals surface area contributed by atoms with E-state index in [-0.39, 0.29) is 17.5 Å². The Morgan fingerprint density at radius 1 is 0.756 bits per heavy atom. The second-order valence-electron chi connectivity index (χ2n) is 10.3. The molecule has 6 aromatic rings. The maximum Gasteiger partial charge on any atom is 0.185 e. The lowest BCUT2D eigenvalue weighted by molar-refractivity contribution is 0.628. The summed E-state index contributed by atoms with van der Waals surface area (Å²) >= 11 is 0. The molecule has 41 heavy (non-hydrogen) atoms. The van der Waals surface area contributed by atoms with Gasteiger partial charge in [0.1, 0.15) is 5.82 Å². The van der Waals surface area contributed by atoms with Crippen LogP contribution in [0.15, 0.2) is 54.7 Å². The Morgan fingerprint density at radius 3 is 2.07 bits per heavy atom. The molecule has 206 valence electrons. The number of anilines is 5. The second-order valence-corrected chi connectivity index (χ2v) is 10.3. The number of aromatic amines is 2. The maximum absolute atomic E-state index is 14.2. The molecule has 2 aliphatic rings. The summed E-state index contributed by atoms with van der Waals surface area (Å²) < 4.78 is 28.3. The topological polar surface area (TPSA) is 133 Å². The van der Waals surface area contributed by atoms with Crippen LogP contribution < -0.4 is 16.4 Å². The van der Waals surface area contributed by atoms with Gasteiger partial charge in [0.25, 0.3) is 0 Å². The molecule has 2 aliphatic carbocycles. The fourth-order valence-electron chi connectivity index (χ4n) is 5.69. The maximum atomic E-state index is 14.2. The number of rotatable bonds is 4. The Balaban J connectivity index is 0.000000135. The van der Waals surface area contributed by atoms with E-state index < -0.39 is 5.82 Å². The molecular weight excluding hydrogens is 524 g/mol. The van der Waals surface area contributed by atoms with Gasteiger partial charge >= 0.3 is 0 Å². The highest BCUT2D eigenvalue weighted by Gasteiger charge is 2.18. The minimum atomic E-state index is -0.439. The van der Waals surface area contributed by atoms with Gasteiger partial charge in [-0.3, -0.25) is 10.2 Å². The Labute approximate surface area is 233 Å². The monoisotopic (exact) mass is 551 g/mol. The number of H-pyrrole nitrogens is 2. The van der Waals surface area contributed by atoms with Crippen LogP contribution in [0.4, 0.5) is 37.6 Å². The zero-order chi connectivity index (χ0) is 27.9. The van der Waals surface area contributed by atoms with Gasteiger partial charge in [0.2, 0.25) is 0 Å². The van der Waals surface area contributed by atoms with Crippen molar-refractivity contribution in [3.63, 3.8) is 0 Å². The average molecular weight is 552 g/mol. The van der Waals surface area contributed by atoms with Crippen molar-refractivity contribution in [1.29, 1.82) is 0 Å². The van der Waals surface area contributed by atoms with Crippen LogP contribution in [0.3, 0.4) is 0 Å². The zero-order valence-electron chi connectivity index (χ0n) is 22.1. The number of aromatic nitrogens is 6. The summed E-state index contributed by atoms with van der Waals surface area (Å²) in [5.41, 5.74) is 13.7. The Bertz CT molecular complexity index is 1910. The van der Waals surface area contributed by atoms with Gasteiger partial charge in [-0.25, -0.2) is 18.7 Å². The van der Waals surface area contributed by atoms with Crippen molar-refractivity contribution in [1.82, 2.24) is 30.4 Å². The summed E-state index contributed by atoms with van der Waals surface area (Å²) in [6, 6.07) is 15.0. The van der Waals surface area contributed by atoms with Gasteiger partial charge in [0, 0.05) is 16.8 Å². The summed E-state index contributed by atoms with van der Waals surface area (Å²) in [6.45, 7) is 0. The summed E-state index contributed by atoms with van der Waals surface area (Å²) in [5.74, 6) is -0.0689. The molecule has 2 aromatic carbocycles. The van der Waals surface area contributed by atoms with Crippen LogP contribution in [0.1, 0.15) is 35.1 Å². The molecule has 0 bridgehead atoms. The number of aryl methyl sites for hydroxylation is 2. The van der Waals surface area contributed by atoms with E-state index in [9.17, 15) is 8.78 Å². The highest BCUT2D eigenvalue weighted by molar-refractivity contribution is 5.87. The lowest BCUT2D eigenvalue weighted by Crippen LogP contribution is -2.00. The number of nitrogens with zero attached hydrogens (tertiary/aromatic N) is 4. The third-order valence-electron chi connectivity index (χ3n) is 7.71. The molecule has 4 aromatic heterocycles. The van der Waals surface area contributed by atoms with E-state index >= 15 is 0 Å². The predicted molar refractivity (Wildman–Crippen MR) is 156 cm³/mol. The molecule has 0 unspecified atom stereocenters. The lowest BCUT2D eigenvalue weighted by atomic mass is 10.1. The first kappa shape index (κ1) is 24.9. The quantitative estimate of drug-likeness (QED) is 0.175. The highest BCUT2D eigenvalue weighted by Crippen LogP contribution is 2.33. The number of hydrogen-bond donors (Lipinski definition) is 5. The summed E-state index contributed by atoms with van der Waals surface area (Å²) in [7, 11) is 0. The van der Waals surface area contributed by atoms with Gasteiger partial charge < -0.3 is 16.4 Å². The number of hydrogen-bond acceptors (Lipinski definition) is 7. The molecule has 11 heteroatoms. The average Bonchev–Trinajstić information content (AvgIpc) is 3.78. The molecule has 0 amide bonds. The number of nitrogen functional groups attached to an aromatic ring is 1. The molecule has 0 atom stereocenters. The number of nitrogens with one attached hydrogen (secondary N) is 4. The smallest absolute Gasteiger partial charge is 0.185 e. The second kappa shape index (κ2) is 10.2. The first-order chi connectivity index (χ1) is 20.0. The van der Waals surface area contributed by atoms with Crippen molar-refractivity contribution in [2.24, 2.45) is 0 Å². The van der Waals surface area contributed by atoms with E-state index in [1.165, 1.54) is 34.4 Å². The van der Waals surface area contributed by atoms with Crippen molar-refractivity contribution in [3.05, 3.63) is 88.6 Å². The summed E-state index contributed by atoms with van der Waals surface area (Å²) in [4.78, 5) is 8.46. The van der Waals surface area contributed by atoms with Crippen molar-refractivity contribution < 1.29 is 8.78 Å². The van der Waals surface area contributed by atoms with Gasteiger partial charge in [0.15, 0.2) is 34.6 Å². The van der Waals surface area contributed by atoms with Crippen LogP contribution in [-0.4, -0.2) is 30.4 Å². The molecule has 6 N–H and O–H groups in total. The molecule has 0 radical (unpaired) electrons. The fourth-order valence-corrected chi connectivity index (χ4v) is 5.69. The van der Waals surface area contributed by atoms with Gasteiger partial charge in [-0.1, -0.05) is 24.3 Å². The lowest BCUT2D eigenvalue weighted by Gasteiger charge is -2.11. The first-order valence-electron chi connectivity index (χ1n) is 13.6. The predicted octanol–water partition coefficient (Wildman–Crippen LogP) is 6.24. The van der Waals surface area contributed by atoms with E-state index in [1.54, 1.807) is 6.20 Å². The Hall–Kier alpha value is -5.06. The SMILES string of the molecule is Fc1cc2cn[nH]c2nc1Nc1cccc2c1CCC2.Nc1[nH]nc2nc(Nc3cccc4c3CCC4)c(F)cc12. The number of pyridine rings is 2. The minimum absolute atomic E-state index is 0.175. The normalized spacial score (nSPS) is 13.6. The molecule has 0 aliphatic heterocycles. The van der Waals surface area contributed by atoms with Gasteiger partial charge in [-0.05, 0) is 85.0 Å². The first-order valence-corrected chi connectivity index (χ1v) is 13.6. The molecule has 8 rings (SSSR count). The summed E-state index contributed by atoms with van der Waals surface area (Å²) in [5, 5.41) is 20.6. The van der Waals surface area contributed by atoms with Crippen LogP contribution in [0.2, 0.25) is 0 Å². The number of nitrogens with two attached hydrogens (primary N) is 1. The molecule has 0 saturated carbocycles. The van der Waals surface area contributed by atoms with Gasteiger partial charge in [0.05, 0.1) is 11.6 Å². The van der Waals surface area contributed by atoms with Gasteiger partial charge in [-0.2, -0.15) is 10.2 Å². The van der Waals surface area contributed by atoms with Crippen LogP contribution in [0.5, 0.6) is 0 Å². The van der Waals surface area contributed by atoms with Crippen LogP contribution >= 0.6 is 0 Å². The van der Waals surface area contributed by atoms with Crippen LogP contribution in [-0.2, 0) is 25.7 Å². The minimum Gasteiger partial charge on any atom is -0.384 e. The molecular formula is C30H27F2N9. The summed E-state index contributed by atoms with van der Waals surface area (Å²) in [6.07, 6.45) is 8.08. The molecule has 0 spiro atoms. The molecule has 9 nitrogen and oxygen atoms in total. The van der Waals surface area contributed by atoms with Crippen molar-refractivity contribution >= 4 is 50.9 Å². The standard InChI is InChI=1S/C15H14FN5.C15H13FN4/c16-11-7-10-13(17)20-21-14(10)19-15(11)18-12-6-2-4-8-3-1-5-9(8)12;16-12-7-10-8-17-20-14(10)19-15(12)18-13-6-2-4-9-3-1-5-11(9)13/h2,4,6-7H,1,3,5H2,(H4,17,18,19,20,21);2,4,6-8H,1,3,5H2,(H2,17,18,19,20). The van der Waals surface area contributed by atoms with E-state index in [1.807, 2.05) is 24.3 Å². The van der Waals surface area contributed by atoms with E-state index in [0.29, 0.717) is 27.9 Å². The van der Waals surface area contributed by atoms with Crippen molar-refractivity contribution in [2.75, 3.05) is 16.4 Å². The van der Waals surface area contributed by atoms with E-state index in [2.05, 4.69) is 53.1 Å². The van der Waals surface area contributed by atoms with Gasteiger partial charge in [-0.15, -0.1) is 0 Å². The van der Waals surface area contributed by atoms with Crippen molar-refractivity contribution in [2.45, 2.75) is 38.5 Å². The third-order valence-corrected chi connectivity index (χ3v) is 7.71.